The van der Waals surface area contributed by atoms with E-state index in [2.05, 4.69) is 6.58 Å². The van der Waals surface area contributed by atoms with Gasteiger partial charge < -0.3 is 9.84 Å². The van der Waals surface area contributed by atoms with Crippen molar-refractivity contribution in [2.45, 2.75) is 0 Å². The predicted octanol–water partition coefficient (Wildman–Crippen LogP) is 4.20. The number of hydrogen-bond donors (Lipinski definition) is 1. The molecule has 0 aromatic heterocycles. The van der Waals surface area contributed by atoms with Gasteiger partial charge in [0.25, 0.3) is 11.1 Å². The van der Waals surface area contributed by atoms with Gasteiger partial charge in [0.2, 0.25) is 0 Å². The number of carbonyl (C=O) groups is 2. The number of nitrogens with zero attached hydrogens (tertiary/aromatic N) is 1. The normalized spacial score (nSPS) is 15.7. The van der Waals surface area contributed by atoms with Crippen LogP contribution in [0, 0.1) is 0 Å². The van der Waals surface area contributed by atoms with Crippen molar-refractivity contribution >= 4 is 34.7 Å². The molecule has 0 saturated carbocycles. The fraction of sp³-hybridized carbons (Fsp3) is 0.0526. The highest BCUT2D eigenvalue weighted by atomic mass is 32.2. The van der Waals surface area contributed by atoms with Crippen LogP contribution in [0.3, 0.4) is 0 Å². The molecule has 2 aromatic rings. The molecule has 0 aliphatic carbocycles. The lowest BCUT2D eigenvalue weighted by Gasteiger charge is -2.12. The van der Waals surface area contributed by atoms with Crippen molar-refractivity contribution in [2.75, 3.05) is 11.5 Å². The standard InChI is InChI=1S/C19H15NO4S/c1-2-10-24-16-9-4-3-6-13(16)11-17-18(22)20(19(23)25-17)14-7-5-8-15(21)12-14/h2-9,11-12,21H,1,10H2. The fourth-order valence-electron chi connectivity index (χ4n) is 2.34. The number of hydrogen-bond acceptors (Lipinski definition) is 5. The molecule has 25 heavy (non-hydrogen) atoms. The molecular weight excluding hydrogens is 338 g/mol. The number of para-hydroxylation sites is 1. The maximum atomic E-state index is 12.6. The number of ether oxygens (including phenoxy) is 1. The third-order valence-corrected chi connectivity index (χ3v) is 4.31. The van der Waals surface area contributed by atoms with E-state index in [1.54, 1.807) is 36.4 Å². The Morgan fingerprint density at radius 1 is 1.16 bits per heavy atom. The summed E-state index contributed by atoms with van der Waals surface area (Å²) in [5, 5.41) is 9.16. The molecule has 0 bridgehead atoms. The number of phenols is 1. The van der Waals surface area contributed by atoms with Crippen LogP contribution in [-0.4, -0.2) is 22.9 Å². The van der Waals surface area contributed by atoms with Gasteiger partial charge in [0.05, 0.1) is 10.6 Å². The lowest BCUT2D eigenvalue weighted by Crippen LogP contribution is -2.27. The minimum atomic E-state index is -0.431. The van der Waals surface area contributed by atoms with Crippen molar-refractivity contribution in [1.29, 1.82) is 0 Å². The summed E-state index contributed by atoms with van der Waals surface area (Å²) in [7, 11) is 0. The van der Waals surface area contributed by atoms with Gasteiger partial charge in [0.1, 0.15) is 18.1 Å². The van der Waals surface area contributed by atoms with E-state index in [1.807, 2.05) is 12.1 Å². The zero-order chi connectivity index (χ0) is 17.8. The van der Waals surface area contributed by atoms with Gasteiger partial charge in [-0.3, -0.25) is 9.59 Å². The van der Waals surface area contributed by atoms with Crippen LogP contribution < -0.4 is 9.64 Å². The van der Waals surface area contributed by atoms with E-state index >= 15 is 0 Å². The predicted molar refractivity (Wildman–Crippen MR) is 98.7 cm³/mol. The van der Waals surface area contributed by atoms with E-state index in [4.69, 9.17) is 4.74 Å². The summed E-state index contributed by atoms with van der Waals surface area (Å²) in [5.41, 5.74) is 1.04. The first-order chi connectivity index (χ1) is 12.1. The summed E-state index contributed by atoms with van der Waals surface area (Å²) < 4.78 is 5.57. The highest BCUT2D eigenvalue weighted by molar-refractivity contribution is 8.19. The summed E-state index contributed by atoms with van der Waals surface area (Å²) in [6.07, 6.45) is 3.26. The second-order valence-electron chi connectivity index (χ2n) is 5.17. The molecule has 3 rings (SSSR count). The van der Waals surface area contributed by atoms with E-state index < -0.39 is 11.1 Å². The SMILES string of the molecule is C=CCOc1ccccc1C=C1SC(=O)N(c2cccc(O)c2)C1=O. The number of amides is 2. The highest BCUT2D eigenvalue weighted by Gasteiger charge is 2.36. The maximum absolute atomic E-state index is 12.6. The van der Waals surface area contributed by atoms with Crippen molar-refractivity contribution in [3.63, 3.8) is 0 Å². The van der Waals surface area contributed by atoms with Crippen LogP contribution in [0.2, 0.25) is 0 Å². The molecule has 6 heteroatoms. The molecule has 5 nitrogen and oxygen atoms in total. The van der Waals surface area contributed by atoms with E-state index in [0.29, 0.717) is 28.5 Å². The van der Waals surface area contributed by atoms with E-state index in [0.717, 1.165) is 16.7 Å². The Morgan fingerprint density at radius 2 is 1.96 bits per heavy atom. The number of aromatic hydroxyl groups is 1. The summed E-state index contributed by atoms with van der Waals surface area (Å²) >= 11 is 0.851. The first kappa shape index (κ1) is 16.9. The second-order valence-corrected chi connectivity index (χ2v) is 6.17. The molecule has 2 aromatic carbocycles. The summed E-state index contributed by atoms with van der Waals surface area (Å²) in [6.45, 7) is 3.95. The van der Waals surface area contributed by atoms with E-state index in [1.165, 1.54) is 12.1 Å². The molecule has 1 aliphatic rings. The molecule has 0 radical (unpaired) electrons. The molecule has 2 amide bonds. The topological polar surface area (TPSA) is 66.8 Å². The first-order valence-corrected chi connectivity index (χ1v) is 8.31. The first-order valence-electron chi connectivity index (χ1n) is 7.50. The molecule has 0 spiro atoms. The third-order valence-electron chi connectivity index (χ3n) is 3.44. The Balaban J connectivity index is 1.92. The monoisotopic (exact) mass is 353 g/mol. The quantitative estimate of drug-likeness (QED) is 0.645. The molecule has 1 fully saturated rings. The van der Waals surface area contributed by atoms with Gasteiger partial charge in [-0.1, -0.05) is 36.9 Å². The molecule has 1 aliphatic heterocycles. The number of rotatable bonds is 5. The van der Waals surface area contributed by atoms with E-state index in [9.17, 15) is 14.7 Å². The molecule has 0 atom stereocenters. The van der Waals surface area contributed by atoms with Gasteiger partial charge in [-0.05, 0) is 36.0 Å². The van der Waals surface area contributed by atoms with Crippen molar-refractivity contribution in [1.82, 2.24) is 0 Å². The smallest absolute Gasteiger partial charge is 0.298 e. The Hall–Kier alpha value is -2.99. The van der Waals surface area contributed by atoms with Gasteiger partial charge in [-0.2, -0.15) is 0 Å². The molecule has 1 heterocycles. The minimum absolute atomic E-state index is 0.0105. The van der Waals surface area contributed by atoms with Crippen LogP contribution in [0.1, 0.15) is 5.56 Å². The summed E-state index contributed by atoms with van der Waals surface area (Å²) in [6, 6.07) is 13.3. The minimum Gasteiger partial charge on any atom is -0.508 e. The van der Waals surface area contributed by atoms with Crippen molar-refractivity contribution in [3.05, 3.63) is 71.7 Å². The third kappa shape index (κ3) is 3.59. The van der Waals surface area contributed by atoms with Crippen molar-refractivity contribution in [3.8, 4) is 11.5 Å². The number of anilines is 1. The lowest BCUT2D eigenvalue weighted by molar-refractivity contribution is -0.113. The Kier molecular flexibility index (Phi) is 4.90. The number of phenolic OH excluding ortho intramolecular Hbond substituents is 1. The molecule has 1 N–H and O–H groups in total. The van der Waals surface area contributed by atoms with Crippen LogP contribution in [0.5, 0.6) is 11.5 Å². The Labute approximate surface area is 149 Å². The van der Waals surface area contributed by atoms with Crippen LogP contribution in [0.15, 0.2) is 66.1 Å². The average molecular weight is 353 g/mol. The number of imide groups is 1. The van der Waals surface area contributed by atoms with Crippen molar-refractivity contribution < 1.29 is 19.4 Å². The van der Waals surface area contributed by atoms with Gasteiger partial charge in [0.15, 0.2) is 0 Å². The van der Waals surface area contributed by atoms with E-state index in [-0.39, 0.29) is 5.75 Å². The Morgan fingerprint density at radius 3 is 2.72 bits per heavy atom. The second kappa shape index (κ2) is 7.27. The molecule has 0 unspecified atom stereocenters. The van der Waals surface area contributed by atoms with Gasteiger partial charge in [0, 0.05) is 11.6 Å². The van der Waals surface area contributed by atoms with Crippen molar-refractivity contribution in [2.24, 2.45) is 0 Å². The molecule has 1 saturated heterocycles. The van der Waals surface area contributed by atoms with Crippen LogP contribution in [0.25, 0.3) is 6.08 Å². The lowest BCUT2D eigenvalue weighted by atomic mass is 10.2. The molecule has 126 valence electrons. The zero-order valence-electron chi connectivity index (χ0n) is 13.2. The van der Waals surface area contributed by atoms with Gasteiger partial charge >= 0.3 is 0 Å². The summed E-state index contributed by atoms with van der Waals surface area (Å²) in [5.74, 6) is 0.161. The number of carbonyl (C=O) groups excluding carboxylic acids is 2. The van der Waals surface area contributed by atoms with Gasteiger partial charge in [-0.25, -0.2) is 4.90 Å². The highest BCUT2D eigenvalue weighted by Crippen LogP contribution is 2.37. The molecular formula is C19H15NO4S. The van der Waals surface area contributed by atoms with Gasteiger partial charge in [-0.15, -0.1) is 0 Å². The fourth-order valence-corrected chi connectivity index (χ4v) is 3.18. The Bertz CT molecular complexity index is 875. The number of benzene rings is 2. The largest absolute Gasteiger partial charge is 0.508 e. The van der Waals surface area contributed by atoms with Crippen LogP contribution >= 0.6 is 11.8 Å². The van der Waals surface area contributed by atoms with Crippen LogP contribution in [0.4, 0.5) is 10.5 Å². The maximum Gasteiger partial charge on any atom is 0.298 e. The zero-order valence-corrected chi connectivity index (χ0v) is 14.0. The average Bonchev–Trinajstić information content (AvgIpc) is 2.88. The summed E-state index contributed by atoms with van der Waals surface area (Å²) in [4.78, 5) is 26.2. The van der Waals surface area contributed by atoms with Crippen LogP contribution in [-0.2, 0) is 4.79 Å². The number of thioether (sulfide) groups is 1.